The fraction of sp³-hybridized carbons (Fsp3) is 0.741. The first kappa shape index (κ1) is 24.2. The SMILES string of the molecule is CC(C)(C)CCN1CCC(C)(C)CCc2cc(F)cc(c2)C2C(CC(=O)O)CCCC21. The van der Waals surface area contributed by atoms with Crippen molar-refractivity contribution in [2.45, 2.75) is 97.9 Å². The number of hydrogen-bond donors (Lipinski definition) is 1. The Morgan fingerprint density at radius 1 is 1.19 bits per heavy atom. The lowest BCUT2D eigenvalue weighted by molar-refractivity contribution is -0.138. The molecule has 0 amide bonds. The van der Waals surface area contributed by atoms with Crippen molar-refractivity contribution in [2.75, 3.05) is 13.1 Å². The number of benzene rings is 1. The Morgan fingerprint density at radius 2 is 1.94 bits per heavy atom. The van der Waals surface area contributed by atoms with Gasteiger partial charge in [0.25, 0.3) is 0 Å². The zero-order valence-corrected chi connectivity index (χ0v) is 20.2. The van der Waals surface area contributed by atoms with Gasteiger partial charge in [-0.2, -0.15) is 0 Å². The molecule has 1 fully saturated rings. The van der Waals surface area contributed by atoms with E-state index in [9.17, 15) is 14.3 Å². The zero-order valence-electron chi connectivity index (χ0n) is 20.2. The van der Waals surface area contributed by atoms with Gasteiger partial charge >= 0.3 is 5.97 Å². The number of halogens is 1. The van der Waals surface area contributed by atoms with E-state index in [4.69, 9.17) is 0 Å². The third-order valence-electron chi connectivity index (χ3n) is 7.58. The average Bonchev–Trinajstić information content (AvgIpc) is 2.65. The minimum absolute atomic E-state index is 0.0665. The van der Waals surface area contributed by atoms with E-state index in [1.165, 1.54) is 0 Å². The minimum Gasteiger partial charge on any atom is -0.481 e. The van der Waals surface area contributed by atoms with Crippen molar-refractivity contribution in [3.05, 3.63) is 35.1 Å². The molecular formula is C27H42FNO2. The highest BCUT2D eigenvalue weighted by Crippen LogP contribution is 2.44. The first-order chi connectivity index (χ1) is 14.4. The summed E-state index contributed by atoms with van der Waals surface area (Å²) in [6.45, 7) is 13.6. The van der Waals surface area contributed by atoms with E-state index in [1.807, 2.05) is 0 Å². The van der Waals surface area contributed by atoms with E-state index >= 15 is 0 Å². The number of aliphatic carboxylic acids is 1. The molecule has 2 bridgehead atoms. The van der Waals surface area contributed by atoms with Gasteiger partial charge in [-0.15, -0.1) is 0 Å². The van der Waals surface area contributed by atoms with E-state index < -0.39 is 5.97 Å². The molecule has 3 atom stereocenters. The highest BCUT2D eigenvalue weighted by Gasteiger charge is 2.39. The van der Waals surface area contributed by atoms with Gasteiger partial charge in [0.2, 0.25) is 0 Å². The van der Waals surface area contributed by atoms with Crippen LogP contribution in [0.3, 0.4) is 0 Å². The number of carboxylic acid groups (broad SMARTS) is 1. The summed E-state index contributed by atoms with van der Waals surface area (Å²) in [5.74, 6) is -0.763. The summed E-state index contributed by atoms with van der Waals surface area (Å²) < 4.78 is 14.7. The van der Waals surface area contributed by atoms with Gasteiger partial charge in [0.05, 0.1) is 0 Å². The van der Waals surface area contributed by atoms with Crippen molar-refractivity contribution in [1.29, 1.82) is 0 Å². The molecule has 0 spiro atoms. The number of fused-ring (bicyclic) bond motifs is 4. The molecule has 1 aliphatic heterocycles. The van der Waals surface area contributed by atoms with Crippen LogP contribution in [0.2, 0.25) is 0 Å². The topological polar surface area (TPSA) is 40.5 Å². The van der Waals surface area contributed by atoms with Gasteiger partial charge in [0.1, 0.15) is 5.82 Å². The van der Waals surface area contributed by atoms with Gasteiger partial charge < -0.3 is 5.11 Å². The number of nitrogens with zero attached hydrogens (tertiary/aromatic N) is 1. The number of carbonyl (C=O) groups is 1. The predicted octanol–water partition coefficient (Wildman–Crippen LogP) is 6.65. The maximum absolute atomic E-state index is 14.7. The van der Waals surface area contributed by atoms with E-state index in [2.05, 4.69) is 45.6 Å². The first-order valence-corrected chi connectivity index (χ1v) is 12.2. The molecule has 0 aromatic heterocycles. The molecule has 1 aromatic carbocycles. The van der Waals surface area contributed by atoms with Crippen molar-refractivity contribution in [3.8, 4) is 0 Å². The Morgan fingerprint density at radius 3 is 2.61 bits per heavy atom. The molecule has 3 unspecified atom stereocenters. The molecule has 1 N–H and O–H groups in total. The summed E-state index contributed by atoms with van der Waals surface area (Å²) in [7, 11) is 0. The molecule has 174 valence electrons. The maximum atomic E-state index is 14.7. The van der Waals surface area contributed by atoms with E-state index in [1.54, 1.807) is 12.1 Å². The molecule has 4 heteroatoms. The zero-order chi connectivity index (χ0) is 22.8. The highest BCUT2D eigenvalue weighted by molar-refractivity contribution is 5.67. The second-order valence-corrected chi connectivity index (χ2v) is 12.0. The molecule has 3 nitrogen and oxygen atoms in total. The lowest BCUT2D eigenvalue weighted by Gasteiger charge is -2.45. The highest BCUT2D eigenvalue weighted by atomic mass is 19.1. The van der Waals surface area contributed by atoms with Crippen molar-refractivity contribution < 1.29 is 14.3 Å². The Balaban J connectivity index is 2.04. The molecular weight excluding hydrogens is 389 g/mol. The molecule has 1 heterocycles. The van der Waals surface area contributed by atoms with Gasteiger partial charge in [-0.05, 0) is 91.6 Å². The average molecular weight is 432 g/mol. The fourth-order valence-corrected chi connectivity index (χ4v) is 5.61. The van der Waals surface area contributed by atoms with Crippen LogP contribution in [0, 0.1) is 22.6 Å². The third kappa shape index (κ3) is 6.78. The number of hydrogen-bond acceptors (Lipinski definition) is 2. The van der Waals surface area contributed by atoms with Crippen LogP contribution in [-0.4, -0.2) is 35.1 Å². The molecule has 31 heavy (non-hydrogen) atoms. The third-order valence-corrected chi connectivity index (χ3v) is 7.58. The Kier molecular flexibility index (Phi) is 7.50. The van der Waals surface area contributed by atoms with Crippen LogP contribution in [0.1, 0.15) is 96.6 Å². The van der Waals surface area contributed by atoms with Gasteiger partial charge in [0, 0.05) is 18.4 Å². The smallest absolute Gasteiger partial charge is 0.303 e. The molecule has 1 aromatic rings. The molecule has 3 rings (SSSR count). The summed E-state index contributed by atoms with van der Waals surface area (Å²) >= 11 is 0. The normalized spacial score (nSPS) is 27.2. The van der Waals surface area contributed by atoms with Crippen molar-refractivity contribution in [2.24, 2.45) is 16.7 Å². The molecule has 0 radical (unpaired) electrons. The Bertz CT molecular complexity index is 767. The van der Waals surface area contributed by atoms with Gasteiger partial charge in [0.15, 0.2) is 0 Å². The Hall–Kier alpha value is -1.42. The van der Waals surface area contributed by atoms with Gasteiger partial charge in [-0.25, -0.2) is 4.39 Å². The second kappa shape index (κ2) is 9.60. The first-order valence-electron chi connectivity index (χ1n) is 12.2. The number of carboxylic acids is 1. The van der Waals surface area contributed by atoms with Gasteiger partial charge in [-0.3, -0.25) is 9.69 Å². The van der Waals surface area contributed by atoms with Crippen LogP contribution in [0.15, 0.2) is 18.2 Å². The summed E-state index contributed by atoms with van der Waals surface area (Å²) in [4.78, 5) is 14.3. The molecule has 0 saturated heterocycles. The van der Waals surface area contributed by atoms with Crippen molar-refractivity contribution in [3.63, 3.8) is 0 Å². The fourth-order valence-electron chi connectivity index (χ4n) is 5.61. The summed E-state index contributed by atoms with van der Waals surface area (Å²) in [6.07, 6.45) is 7.34. The monoisotopic (exact) mass is 431 g/mol. The van der Waals surface area contributed by atoms with Crippen LogP contribution in [-0.2, 0) is 11.2 Å². The second-order valence-electron chi connectivity index (χ2n) is 12.0. The Labute approximate surface area is 188 Å². The number of aryl methyl sites for hydroxylation is 1. The quantitative estimate of drug-likeness (QED) is 0.580. The van der Waals surface area contributed by atoms with Gasteiger partial charge in [-0.1, -0.05) is 47.1 Å². The molecule has 1 aliphatic carbocycles. The van der Waals surface area contributed by atoms with E-state index in [-0.39, 0.29) is 40.9 Å². The lowest BCUT2D eigenvalue weighted by Crippen LogP contribution is -2.47. The van der Waals surface area contributed by atoms with Crippen LogP contribution < -0.4 is 0 Å². The predicted molar refractivity (Wildman–Crippen MR) is 125 cm³/mol. The van der Waals surface area contributed by atoms with Crippen LogP contribution >= 0.6 is 0 Å². The number of rotatable bonds is 4. The van der Waals surface area contributed by atoms with E-state index in [0.29, 0.717) is 0 Å². The largest absolute Gasteiger partial charge is 0.481 e. The summed E-state index contributed by atoms with van der Waals surface area (Å²) in [5, 5.41) is 9.61. The molecule has 1 saturated carbocycles. The van der Waals surface area contributed by atoms with Crippen LogP contribution in [0.4, 0.5) is 4.39 Å². The lowest BCUT2D eigenvalue weighted by atomic mass is 9.70. The summed E-state index contributed by atoms with van der Waals surface area (Å²) in [6, 6.07) is 5.83. The minimum atomic E-state index is -0.737. The van der Waals surface area contributed by atoms with Crippen molar-refractivity contribution in [1.82, 2.24) is 4.90 Å². The van der Waals surface area contributed by atoms with Crippen LogP contribution in [0.25, 0.3) is 0 Å². The maximum Gasteiger partial charge on any atom is 0.303 e. The summed E-state index contributed by atoms with van der Waals surface area (Å²) in [5.41, 5.74) is 2.52. The van der Waals surface area contributed by atoms with Crippen molar-refractivity contribution >= 4 is 5.97 Å². The van der Waals surface area contributed by atoms with Crippen LogP contribution in [0.5, 0.6) is 0 Å². The molecule has 2 aliphatic rings. The standard InChI is InChI=1S/C27H42FNO2/c1-26(2,3)11-13-29-14-12-27(4,5)10-9-19-15-21(17-22(28)16-19)25-20(18-24(30)31)7-6-8-23(25)29/h15-17,20,23,25H,6-14,18H2,1-5H3,(H,30,31). The van der Waals surface area contributed by atoms with E-state index in [0.717, 1.165) is 69.2 Å².